The summed E-state index contributed by atoms with van der Waals surface area (Å²) in [5, 5.41) is 0. The van der Waals surface area contributed by atoms with Crippen molar-refractivity contribution < 1.29 is 4.74 Å². The minimum absolute atomic E-state index is 0.0260. The fourth-order valence-electron chi connectivity index (χ4n) is 3.81. The standard InChI is InChI=1S/C13H23N3O/c1-11(2)7-13(12(3,4)17-11)8-15-10(14)16(13)9-5-6-9/h9H,5-8H2,1-4H3,(H2,14,15). The molecule has 1 aliphatic carbocycles. The molecular formula is C13H23N3O. The summed E-state index contributed by atoms with van der Waals surface area (Å²) in [6, 6.07) is 0.595. The zero-order valence-corrected chi connectivity index (χ0v) is 11.3. The molecule has 2 fully saturated rings. The lowest BCUT2D eigenvalue weighted by molar-refractivity contribution is -0.0925. The number of ether oxygens (including phenoxy) is 1. The van der Waals surface area contributed by atoms with E-state index in [2.05, 4.69) is 37.6 Å². The first-order valence-corrected chi connectivity index (χ1v) is 6.57. The van der Waals surface area contributed by atoms with Crippen LogP contribution in [0.4, 0.5) is 0 Å². The Morgan fingerprint density at radius 3 is 2.41 bits per heavy atom. The van der Waals surface area contributed by atoms with E-state index in [1.54, 1.807) is 0 Å². The first-order chi connectivity index (χ1) is 7.78. The predicted molar refractivity (Wildman–Crippen MR) is 67.9 cm³/mol. The largest absolute Gasteiger partial charge is 0.370 e. The lowest BCUT2D eigenvalue weighted by atomic mass is 9.78. The van der Waals surface area contributed by atoms with Crippen molar-refractivity contribution in [2.45, 2.75) is 69.7 Å². The summed E-state index contributed by atoms with van der Waals surface area (Å²) in [6.07, 6.45) is 3.50. The van der Waals surface area contributed by atoms with Gasteiger partial charge in [0.2, 0.25) is 0 Å². The van der Waals surface area contributed by atoms with Crippen LogP contribution in [0.3, 0.4) is 0 Å². The van der Waals surface area contributed by atoms with Crippen LogP contribution in [0.15, 0.2) is 4.99 Å². The van der Waals surface area contributed by atoms with Crippen LogP contribution in [0.25, 0.3) is 0 Å². The van der Waals surface area contributed by atoms with E-state index in [0.29, 0.717) is 6.04 Å². The molecule has 0 amide bonds. The Morgan fingerprint density at radius 1 is 1.29 bits per heavy atom. The summed E-state index contributed by atoms with van der Waals surface area (Å²) in [5.41, 5.74) is 5.80. The Hall–Kier alpha value is -0.770. The van der Waals surface area contributed by atoms with Crippen molar-refractivity contribution in [3.8, 4) is 0 Å². The highest BCUT2D eigenvalue weighted by Crippen LogP contribution is 2.53. The molecule has 1 unspecified atom stereocenters. The number of rotatable bonds is 1. The Bertz CT molecular complexity index is 384. The van der Waals surface area contributed by atoms with Crippen molar-refractivity contribution in [2.24, 2.45) is 10.7 Å². The van der Waals surface area contributed by atoms with E-state index in [0.717, 1.165) is 18.9 Å². The van der Waals surface area contributed by atoms with Gasteiger partial charge < -0.3 is 15.4 Å². The summed E-state index contributed by atoms with van der Waals surface area (Å²) in [4.78, 5) is 6.88. The molecule has 3 aliphatic rings. The van der Waals surface area contributed by atoms with Crippen LogP contribution < -0.4 is 5.73 Å². The lowest BCUT2D eigenvalue weighted by Crippen LogP contribution is -2.61. The molecule has 1 saturated heterocycles. The highest BCUT2D eigenvalue weighted by molar-refractivity contribution is 5.82. The highest BCUT2D eigenvalue weighted by atomic mass is 16.5. The van der Waals surface area contributed by atoms with Crippen LogP contribution in [0, 0.1) is 0 Å². The molecule has 17 heavy (non-hydrogen) atoms. The Balaban J connectivity index is 2.01. The predicted octanol–water partition coefficient (Wildman–Crippen LogP) is 1.50. The molecule has 0 radical (unpaired) electrons. The topological polar surface area (TPSA) is 50.8 Å². The van der Waals surface area contributed by atoms with Crippen LogP contribution in [0.5, 0.6) is 0 Å². The Kier molecular flexibility index (Phi) is 1.98. The van der Waals surface area contributed by atoms with Crippen LogP contribution in [0.1, 0.15) is 47.0 Å². The van der Waals surface area contributed by atoms with Gasteiger partial charge >= 0.3 is 0 Å². The third-order valence-corrected chi connectivity index (χ3v) is 4.49. The molecule has 2 aliphatic heterocycles. The molecule has 0 bridgehead atoms. The number of nitrogens with zero attached hydrogens (tertiary/aromatic N) is 2. The number of nitrogens with two attached hydrogens (primary N) is 1. The van der Waals surface area contributed by atoms with Gasteiger partial charge in [0, 0.05) is 12.5 Å². The third-order valence-electron chi connectivity index (χ3n) is 4.49. The van der Waals surface area contributed by atoms with Crippen LogP contribution in [0.2, 0.25) is 0 Å². The summed E-state index contributed by atoms with van der Waals surface area (Å²) < 4.78 is 6.26. The zero-order valence-electron chi connectivity index (χ0n) is 11.3. The molecule has 0 aromatic rings. The van der Waals surface area contributed by atoms with E-state index >= 15 is 0 Å². The molecular weight excluding hydrogens is 214 g/mol. The second-order valence-corrected chi connectivity index (χ2v) is 6.86. The SMILES string of the molecule is CC1(C)CC2(CN=C(N)N2C2CC2)C(C)(C)O1. The van der Waals surface area contributed by atoms with Crippen molar-refractivity contribution >= 4 is 5.96 Å². The van der Waals surface area contributed by atoms with Gasteiger partial charge in [-0.3, -0.25) is 4.99 Å². The lowest BCUT2D eigenvalue weighted by Gasteiger charge is -2.44. The van der Waals surface area contributed by atoms with Gasteiger partial charge in [-0.1, -0.05) is 0 Å². The molecule has 1 atom stereocenters. The van der Waals surface area contributed by atoms with Crippen LogP contribution in [-0.4, -0.2) is 40.2 Å². The number of hydrogen-bond acceptors (Lipinski definition) is 4. The van der Waals surface area contributed by atoms with Crippen LogP contribution in [-0.2, 0) is 4.74 Å². The summed E-state index contributed by atoms with van der Waals surface area (Å²) in [6.45, 7) is 9.49. The smallest absolute Gasteiger partial charge is 0.192 e. The van der Waals surface area contributed by atoms with Gasteiger partial charge in [-0.15, -0.1) is 0 Å². The Morgan fingerprint density at radius 2 is 1.94 bits per heavy atom. The fourth-order valence-corrected chi connectivity index (χ4v) is 3.81. The maximum atomic E-state index is 6.26. The molecule has 4 nitrogen and oxygen atoms in total. The quantitative estimate of drug-likeness (QED) is 0.752. The van der Waals surface area contributed by atoms with Gasteiger partial charge in [-0.25, -0.2) is 0 Å². The second-order valence-electron chi connectivity index (χ2n) is 6.86. The number of guanidine groups is 1. The minimum atomic E-state index is -0.191. The monoisotopic (exact) mass is 237 g/mol. The van der Waals surface area contributed by atoms with E-state index < -0.39 is 0 Å². The van der Waals surface area contributed by atoms with Crippen molar-refractivity contribution in [1.29, 1.82) is 0 Å². The average Bonchev–Trinajstić information content (AvgIpc) is 2.87. The number of hydrogen-bond donors (Lipinski definition) is 1. The van der Waals surface area contributed by atoms with Gasteiger partial charge in [-0.05, 0) is 40.5 Å². The van der Waals surface area contributed by atoms with E-state index in [1.807, 2.05) is 0 Å². The molecule has 0 aromatic heterocycles. The van der Waals surface area contributed by atoms with Gasteiger partial charge in [0.15, 0.2) is 5.96 Å². The fraction of sp³-hybridized carbons (Fsp3) is 0.923. The molecule has 4 heteroatoms. The van der Waals surface area contributed by atoms with E-state index in [4.69, 9.17) is 10.5 Å². The van der Waals surface area contributed by atoms with E-state index in [1.165, 1.54) is 12.8 Å². The maximum Gasteiger partial charge on any atom is 0.192 e. The summed E-state index contributed by atoms with van der Waals surface area (Å²) >= 11 is 0. The maximum absolute atomic E-state index is 6.26. The first kappa shape index (κ1) is 11.3. The molecule has 0 aromatic carbocycles. The second kappa shape index (κ2) is 2.97. The number of aliphatic imine (C=N–C) groups is 1. The summed E-state index contributed by atoms with van der Waals surface area (Å²) in [7, 11) is 0. The van der Waals surface area contributed by atoms with Crippen molar-refractivity contribution in [3.05, 3.63) is 0 Å². The van der Waals surface area contributed by atoms with Gasteiger partial charge in [0.05, 0.1) is 23.3 Å². The van der Waals surface area contributed by atoms with E-state index in [9.17, 15) is 0 Å². The van der Waals surface area contributed by atoms with Crippen LogP contribution >= 0.6 is 0 Å². The van der Waals surface area contributed by atoms with E-state index in [-0.39, 0.29) is 16.7 Å². The molecule has 1 saturated carbocycles. The third kappa shape index (κ3) is 1.43. The normalized spacial score (nSPS) is 38.8. The first-order valence-electron chi connectivity index (χ1n) is 6.57. The average molecular weight is 237 g/mol. The van der Waals surface area contributed by atoms with Gasteiger partial charge in [-0.2, -0.15) is 0 Å². The van der Waals surface area contributed by atoms with Crippen molar-refractivity contribution in [1.82, 2.24) is 4.90 Å². The molecule has 96 valence electrons. The molecule has 2 N–H and O–H groups in total. The molecule has 2 heterocycles. The molecule has 1 spiro atoms. The Labute approximate surface area is 103 Å². The highest BCUT2D eigenvalue weighted by Gasteiger charge is 2.64. The van der Waals surface area contributed by atoms with Gasteiger partial charge in [0.1, 0.15) is 0 Å². The van der Waals surface area contributed by atoms with Gasteiger partial charge in [0.25, 0.3) is 0 Å². The zero-order chi connectivity index (χ0) is 12.5. The van der Waals surface area contributed by atoms with Crippen molar-refractivity contribution in [3.63, 3.8) is 0 Å². The molecule has 3 rings (SSSR count). The minimum Gasteiger partial charge on any atom is -0.370 e. The summed E-state index contributed by atoms with van der Waals surface area (Å²) in [5.74, 6) is 0.724. The van der Waals surface area contributed by atoms with Crippen molar-refractivity contribution in [2.75, 3.05) is 6.54 Å².